The largest absolute Gasteiger partial charge is 0.465 e. The molecule has 3 rings (SSSR count). The summed E-state index contributed by atoms with van der Waals surface area (Å²) in [5, 5.41) is 12.5. The molecule has 1 saturated heterocycles. The molecule has 9 nitrogen and oxygen atoms in total. The van der Waals surface area contributed by atoms with Gasteiger partial charge in [-0.05, 0) is 51.2 Å². The van der Waals surface area contributed by atoms with E-state index in [0.717, 1.165) is 0 Å². The minimum Gasteiger partial charge on any atom is -0.465 e. The van der Waals surface area contributed by atoms with E-state index in [-0.39, 0.29) is 34.9 Å². The Bertz CT molecular complexity index is 1090. The number of nitrogens with zero attached hydrogens (tertiary/aromatic N) is 4. The van der Waals surface area contributed by atoms with Crippen molar-refractivity contribution in [2.24, 2.45) is 0 Å². The van der Waals surface area contributed by atoms with Crippen LogP contribution in [0.15, 0.2) is 24.7 Å². The summed E-state index contributed by atoms with van der Waals surface area (Å²) in [6, 6.07) is 2.69. The van der Waals surface area contributed by atoms with Crippen LogP contribution >= 0.6 is 0 Å². The zero-order valence-corrected chi connectivity index (χ0v) is 21.8. The minimum absolute atomic E-state index is 0.00571. The second-order valence-electron chi connectivity index (χ2n) is 10.3. The number of benzene rings is 1. The van der Waals surface area contributed by atoms with Crippen LogP contribution in [0.1, 0.15) is 70.3 Å². The SMILES string of the molecule is CCN(C(=O)c1c(Oc2cncnc2NC2CCN(C(=O)O)CC2)ccc(F)c1C(C)(C)C)C(C)C. The van der Waals surface area contributed by atoms with Gasteiger partial charge in [-0.15, -0.1) is 0 Å². The van der Waals surface area contributed by atoms with E-state index >= 15 is 4.39 Å². The number of carboxylic acid groups (broad SMARTS) is 1. The number of nitrogens with one attached hydrogen (secondary N) is 1. The predicted octanol–water partition coefficient (Wildman–Crippen LogP) is 5.13. The smallest absolute Gasteiger partial charge is 0.407 e. The van der Waals surface area contributed by atoms with Gasteiger partial charge in [0, 0.05) is 37.3 Å². The normalized spacial score (nSPS) is 14.6. The molecule has 0 atom stereocenters. The summed E-state index contributed by atoms with van der Waals surface area (Å²) in [6.07, 6.45) is 3.19. The lowest BCUT2D eigenvalue weighted by Gasteiger charge is -2.31. The van der Waals surface area contributed by atoms with Crippen molar-refractivity contribution in [2.45, 2.75) is 71.9 Å². The Morgan fingerprint density at radius 3 is 2.47 bits per heavy atom. The van der Waals surface area contributed by atoms with Gasteiger partial charge in [0.1, 0.15) is 17.9 Å². The highest BCUT2D eigenvalue weighted by molar-refractivity contribution is 5.99. The fourth-order valence-corrected chi connectivity index (χ4v) is 4.50. The molecule has 2 heterocycles. The lowest BCUT2D eigenvalue weighted by Crippen LogP contribution is -2.41. The molecule has 36 heavy (non-hydrogen) atoms. The molecule has 2 aromatic rings. The molecule has 1 aromatic heterocycles. The fourth-order valence-electron chi connectivity index (χ4n) is 4.50. The number of anilines is 1. The first-order valence-electron chi connectivity index (χ1n) is 12.3. The molecule has 0 spiro atoms. The summed E-state index contributed by atoms with van der Waals surface area (Å²) in [6.45, 7) is 12.6. The maximum atomic E-state index is 15.2. The van der Waals surface area contributed by atoms with Crippen LogP contribution < -0.4 is 10.1 Å². The van der Waals surface area contributed by atoms with Gasteiger partial charge in [-0.25, -0.2) is 19.2 Å². The molecular formula is C26H36FN5O4. The standard InChI is InChI=1S/C26H36FN5O4/c1-7-32(16(2)3)24(33)21-19(9-8-18(27)22(21)26(4,5)6)36-20-14-28-15-29-23(20)30-17-10-12-31(13-11-17)25(34)35/h8-9,14-17H,7,10-13H2,1-6H3,(H,34,35)(H,28,29,30). The van der Waals surface area contributed by atoms with Gasteiger partial charge in [-0.1, -0.05) is 20.8 Å². The van der Waals surface area contributed by atoms with E-state index in [0.29, 0.717) is 44.0 Å². The maximum Gasteiger partial charge on any atom is 0.407 e. The van der Waals surface area contributed by atoms with Crippen LogP contribution in [0.3, 0.4) is 0 Å². The average molecular weight is 502 g/mol. The molecule has 10 heteroatoms. The number of carbonyl (C=O) groups excluding carboxylic acids is 1. The molecule has 0 bridgehead atoms. The van der Waals surface area contributed by atoms with E-state index in [1.807, 2.05) is 41.5 Å². The molecular weight excluding hydrogens is 465 g/mol. The first-order valence-corrected chi connectivity index (χ1v) is 12.3. The van der Waals surface area contributed by atoms with Crippen molar-refractivity contribution in [1.29, 1.82) is 0 Å². The van der Waals surface area contributed by atoms with Gasteiger partial charge in [0.2, 0.25) is 0 Å². The monoisotopic (exact) mass is 501 g/mol. The third-order valence-electron chi connectivity index (χ3n) is 6.31. The number of carbonyl (C=O) groups is 2. The molecule has 0 saturated carbocycles. The van der Waals surface area contributed by atoms with Crippen LogP contribution in [0.5, 0.6) is 11.5 Å². The van der Waals surface area contributed by atoms with Crippen LogP contribution in [0, 0.1) is 5.82 Å². The third kappa shape index (κ3) is 6.03. The van der Waals surface area contributed by atoms with Crippen LogP contribution in [0.25, 0.3) is 0 Å². The van der Waals surface area contributed by atoms with Gasteiger partial charge in [0.15, 0.2) is 11.6 Å². The Morgan fingerprint density at radius 2 is 1.92 bits per heavy atom. The predicted molar refractivity (Wildman–Crippen MR) is 135 cm³/mol. The quantitative estimate of drug-likeness (QED) is 0.541. The highest BCUT2D eigenvalue weighted by atomic mass is 19.1. The number of piperidine rings is 1. The van der Waals surface area contributed by atoms with Gasteiger partial charge in [-0.2, -0.15) is 0 Å². The van der Waals surface area contributed by atoms with Gasteiger partial charge >= 0.3 is 6.09 Å². The molecule has 0 aliphatic carbocycles. The Morgan fingerprint density at radius 1 is 1.25 bits per heavy atom. The minimum atomic E-state index is -0.926. The second kappa shape index (κ2) is 11.1. The van der Waals surface area contributed by atoms with Gasteiger partial charge in [-0.3, -0.25) is 4.79 Å². The number of hydrogen-bond donors (Lipinski definition) is 2. The van der Waals surface area contributed by atoms with E-state index in [9.17, 15) is 14.7 Å². The van der Waals surface area contributed by atoms with E-state index in [4.69, 9.17) is 4.74 Å². The summed E-state index contributed by atoms with van der Waals surface area (Å²) in [4.78, 5) is 36.4. The highest BCUT2D eigenvalue weighted by Crippen LogP contribution is 2.38. The zero-order valence-electron chi connectivity index (χ0n) is 21.8. The number of hydrogen-bond acceptors (Lipinski definition) is 6. The van der Waals surface area contributed by atoms with Crippen LogP contribution in [0.4, 0.5) is 15.0 Å². The Kier molecular flexibility index (Phi) is 8.37. The van der Waals surface area contributed by atoms with E-state index in [1.165, 1.54) is 29.6 Å². The van der Waals surface area contributed by atoms with Gasteiger partial charge < -0.3 is 25.0 Å². The lowest BCUT2D eigenvalue weighted by molar-refractivity contribution is 0.0710. The van der Waals surface area contributed by atoms with Crippen LogP contribution in [0.2, 0.25) is 0 Å². The average Bonchev–Trinajstić information content (AvgIpc) is 2.80. The van der Waals surface area contributed by atoms with Crippen LogP contribution in [-0.4, -0.2) is 68.6 Å². The number of halogens is 1. The van der Waals surface area contributed by atoms with Crippen LogP contribution in [-0.2, 0) is 5.41 Å². The second-order valence-corrected chi connectivity index (χ2v) is 10.3. The van der Waals surface area contributed by atoms with Crippen molar-refractivity contribution in [3.05, 3.63) is 41.6 Å². The molecule has 0 unspecified atom stereocenters. The number of ether oxygens (including phenoxy) is 1. The highest BCUT2D eigenvalue weighted by Gasteiger charge is 2.32. The zero-order chi connectivity index (χ0) is 26.6. The van der Waals surface area contributed by atoms with E-state index in [1.54, 1.807) is 4.90 Å². The Hall–Kier alpha value is -3.43. The number of likely N-dealkylation sites (tertiary alicyclic amines) is 1. The summed E-state index contributed by atoms with van der Waals surface area (Å²) in [5.74, 6) is 0.176. The summed E-state index contributed by atoms with van der Waals surface area (Å²) in [7, 11) is 0. The number of amides is 2. The molecule has 2 N–H and O–H groups in total. The van der Waals surface area contributed by atoms with E-state index in [2.05, 4.69) is 15.3 Å². The molecule has 1 aliphatic heterocycles. The number of rotatable bonds is 7. The van der Waals surface area contributed by atoms with Crippen molar-refractivity contribution in [3.63, 3.8) is 0 Å². The van der Waals surface area contributed by atoms with Crippen molar-refractivity contribution in [3.8, 4) is 11.5 Å². The van der Waals surface area contributed by atoms with E-state index < -0.39 is 17.3 Å². The van der Waals surface area contributed by atoms with Crippen molar-refractivity contribution in [2.75, 3.05) is 25.0 Å². The summed E-state index contributed by atoms with van der Waals surface area (Å²) >= 11 is 0. The maximum absolute atomic E-state index is 15.2. The third-order valence-corrected chi connectivity index (χ3v) is 6.31. The van der Waals surface area contributed by atoms with Gasteiger partial charge in [0.05, 0.1) is 11.8 Å². The first kappa shape index (κ1) is 27.2. The molecule has 2 amide bonds. The molecule has 0 radical (unpaired) electrons. The summed E-state index contributed by atoms with van der Waals surface area (Å²) in [5.41, 5.74) is -0.184. The Balaban J connectivity index is 1.98. The Labute approximate surface area is 211 Å². The summed E-state index contributed by atoms with van der Waals surface area (Å²) < 4.78 is 21.4. The van der Waals surface area contributed by atoms with Crippen molar-refractivity contribution in [1.82, 2.24) is 19.8 Å². The van der Waals surface area contributed by atoms with Crippen molar-refractivity contribution >= 4 is 17.8 Å². The number of aromatic nitrogens is 2. The van der Waals surface area contributed by atoms with Crippen molar-refractivity contribution < 1.29 is 23.8 Å². The fraction of sp³-hybridized carbons (Fsp3) is 0.538. The molecule has 1 aliphatic rings. The topological polar surface area (TPSA) is 108 Å². The van der Waals surface area contributed by atoms with Gasteiger partial charge in [0.25, 0.3) is 5.91 Å². The first-order chi connectivity index (χ1) is 16.9. The molecule has 1 aromatic carbocycles. The lowest BCUT2D eigenvalue weighted by atomic mass is 9.82. The molecule has 1 fully saturated rings. The molecule has 196 valence electrons.